The quantitative estimate of drug-likeness (QED) is 0.815. The molecule has 0 N–H and O–H groups in total. The first-order valence-corrected chi connectivity index (χ1v) is 9.04. The van der Waals surface area contributed by atoms with E-state index in [1.807, 2.05) is 4.90 Å². The molecular formula is C20H23FN4O2. The number of amides is 1. The van der Waals surface area contributed by atoms with Gasteiger partial charge in [0, 0.05) is 13.1 Å². The van der Waals surface area contributed by atoms with Gasteiger partial charge in [0.1, 0.15) is 24.0 Å². The van der Waals surface area contributed by atoms with Gasteiger partial charge in [0.05, 0.1) is 25.6 Å². The molecule has 3 aliphatic heterocycles. The van der Waals surface area contributed by atoms with Crippen LogP contribution in [0.15, 0.2) is 59.3 Å². The fraction of sp³-hybridized carbons (Fsp3) is 0.350. The minimum atomic E-state index is -0.283. The second-order valence-corrected chi connectivity index (χ2v) is 6.91. The van der Waals surface area contributed by atoms with Crippen LogP contribution in [0.25, 0.3) is 0 Å². The highest BCUT2D eigenvalue weighted by Gasteiger charge is 2.42. The largest absolute Gasteiger partial charge is 0.352 e. The molecule has 0 saturated heterocycles. The molecule has 0 bridgehead atoms. The Balaban J connectivity index is 1.80. The van der Waals surface area contributed by atoms with Crippen LogP contribution in [0.3, 0.4) is 0 Å². The lowest BCUT2D eigenvalue weighted by Gasteiger charge is -2.44. The fourth-order valence-corrected chi connectivity index (χ4v) is 3.75. The van der Waals surface area contributed by atoms with Crippen molar-refractivity contribution in [2.45, 2.75) is 20.4 Å². The molecule has 142 valence electrons. The van der Waals surface area contributed by atoms with Gasteiger partial charge < -0.3 is 4.90 Å². The third kappa shape index (κ3) is 2.98. The number of fused-ring (bicyclic) bond motifs is 2. The standard InChI is InChI=1S/C20H23FN4O2/c1-4-22-10-14(2)9-17-19(22)25-13-23(27-3)12-18(25)20(26)24(17)11-15-5-7-16(21)8-6-15/h5-9,12H,4,10-11,13H2,1-3H3. The highest BCUT2D eigenvalue weighted by molar-refractivity contribution is 5.96. The summed E-state index contributed by atoms with van der Waals surface area (Å²) in [5.41, 5.74) is 3.55. The number of hydroxylamine groups is 2. The number of rotatable bonds is 4. The van der Waals surface area contributed by atoms with E-state index in [9.17, 15) is 9.18 Å². The molecule has 1 aromatic rings. The molecule has 0 radical (unpaired) electrons. The summed E-state index contributed by atoms with van der Waals surface area (Å²) < 4.78 is 13.3. The van der Waals surface area contributed by atoms with Gasteiger partial charge in [-0.15, -0.1) is 0 Å². The lowest BCUT2D eigenvalue weighted by atomic mass is 10.1. The Kier molecular flexibility index (Phi) is 4.39. The molecular weight excluding hydrogens is 347 g/mol. The van der Waals surface area contributed by atoms with Gasteiger partial charge in [-0.25, -0.2) is 9.45 Å². The van der Waals surface area contributed by atoms with Crippen LogP contribution in [-0.4, -0.2) is 52.5 Å². The highest BCUT2D eigenvalue weighted by atomic mass is 19.1. The van der Waals surface area contributed by atoms with Crippen molar-refractivity contribution in [2.75, 3.05) is 26.9 Å². The number of allylic oxidation sites excluding steroid dienone is 1. The number of nitrogens with zero attached hydrogens (tertiary/aromatic N) is 4. The van der Waals surface area contributed by atoms with Crippen LogP contribution < -0.4 is 0 Å². The Hall–Kier alpha value is -2.80. The predicted molar refractivity (Wildman–Crippen MR) is 98.6 cm³/mol. The maximum absolute atomic E-state index is 13.3. The van der Waals surface area contributed by atoms with Gasteiger partial charge >= 0.3 is 0 Å². The Bertz CT molecular complexity index is 859. The Morgan fingerprint density at radius 1 is 1.22 bits per heavy atom. The lowest BCUT2D eigenvalue weighted by Crippen LogP contribution is -2.49. The molecule has 7 heteroatoms. The number of likely N-dealkylation sites (N-methyl/N-ethyl adjacent to an activating group) is 1. The van der Waals surface area contributed by atoms with Crippen molar-refractivity contribution in [2.24, 2.45) is 0 Å². The van der Waals surface area contributed by atoms with Crippen molar-refractivity contribution in [1.29, 1.82) is 0 Å². The molecule has 0 unspecified atom stereocenters. The van der Waals surface area contributed by atoms with Crippen LogP contribution in [0.4, 0.5) is 4.39 Å². The maximum Gasteiger partial charge on any atom is 0.277 e. The van der Waals surface area contributed by atoms with Crippen LogP contribution in [0.2, 0.25) is 0 Å². The summed E-state index contributed by atoms with van der Waals surface area (Å²) in [7, 11) is 1.59. The van der Waals surface area contributed by atoms with Crippen molar-refractivity contribution < 1.29 is 14.0 Å². The number of hydrogen-bond acceptors (Lipinski definition) is 5. The van der Waals surface area contributed by atoms with Crippen molar-refractivity contribution >= 4 is 5.91 Å². The number of halogens is 1. The maximum atomic E-state index is 13.3. The first-order valence-electron chi connectivity index (χ1n) is 9.04. The first-order chi connectivity index (χ1) is 13.0. The topological polar surface area (TPSA) is 39.3 Å². The molecule has 6 nitrogen and oxygen atoms in total. The Morgan fingerprint density at radius 3 is 2.63 bits per heavy atom. The highest BCUT2D eigenvalue weighted by Crippen LogP contribution is 2.37. The van der Waals surface area contributed by atoms with Crippen LogP contribution in [0.5, 0.6) is 0 Å². The third-order valence-corrected chi connectivity index (χ3v) is 5.07. The average molecular weight is 370 g/mol. The van der Waals surface area contributed by atoms with Crippen molar-refractivity contribution in [1.82, 2.24) is 19.8 Å². The van der Waals surface area contributed by atoms with Crippen molar-refractivity contribution in [3.8, 4) is 0 Å². The van der Waals surface area contributed by atoms with Crippen molar-refractivity contribution in [3.63, 3.8) is 0 Å². The SMILES string of the molecule is CCN1CC(C)=CC2=C1N1CN(OC)C=C1C(=O)N2Cc1ccc(F)cc1. The molecule has 4 rings (SSSR count). The summed E-state index contributed by atoms with van der Waals surface area (Å²) in [5, 5.41) is 1.65. The smallest absolute Gasteiger partial charge is 0.277 e. The fourth-order valence-electron chi connectivity index (χ4n) is 3.75. The van der Waals surface area contributed by atoms with Gasteiger partial charge in [0.2, 0.25) is 0 Å². The Morgan fingerprint density at radius 2 is 1.96 bits per heavy atom. The van der Waals surface area contributed by atoms with Crippen LogP contribution in [-0.2, 0) is 16.2 Å². The third-order valence-electron chi connectivity index (χ3n) is 5.07. The van der Waals surface area contributed by atoms with E-state index in [4.69, 9.17) is 4.84 Å². The van der Waals surface area contributed by atoms with Crippen LogP contribution >= 0.6 is 0 Å². The van der Waals surface area contributed by atoms with Gasteiger partial charge in [-0.05, 0) is 37.6 Å². The van der Waals surface area contributed by atoms with Crippen LogP contribution in [0.1, 0.15) is 19.4 Å². The molecule has 0 fully saturated rings. The summed E-state index contributed by atoms with van der Waals surface area (Å²) in [6, 6.07) is 6.29. The first kappa shape index (κ1) is 17.6. The minimum absolute atomic E-state index is 0.0837. The van der Waals surface area contributed by atoms with Crippen LogP contribution in [0, 0.1) is 5.82 Å². The predicted octanol–water partition coefficient (Wildman–Crippen LogP) is 2.60. The number of carbonyl (C=O) groups is 1. The van der Waals surface area contributed by atoms with E-state index in [2.05, 4.69) is 24.8 Å². The van der Waals surface area contributed by atoms with Crippen molar-refractivity contribution in [3.05, 3.63) is 70.7 Å². The summed E-state index contributed by atoms with van der Waals surface area (Å²) >= 11 is 0. The zero-order chi connectivity index (χ0) is 19.1. The summed E-state index contributed by atoms with van der Waals surface area (Å²) in [4.78, 5) is 24.7. The summed E-state index contributed by atoms with van der Waals surface area (Å²) in [5.74, 6) is 0.643. The second kappa shape index (κ2) is 6.74. The zero-order valence-corrected chi connectivity index (χ0v) is 15.8. The van der Waals surface area contributed by atoms with E-state index >= 15 is 0 Å². The molecule has 0 spiro atoms. The minimum Gasteiger partial charge on any atom is -0.352 e. The molecule has 0 aromatic heterocycles. The number of benzene rings is 1. The molecule has 1 aromatic carbocycles. The summed E-state index contributed by atoms with van der Waals surface area (Å²) in [6.07, 6.45) is 3.82. The molecule has 27 heavy (non-hydrogen) atoms. The second-order valence-electron chi connectivity index (χ2n) is 6.91. The van der Waals surface area contributed by atoms with E-state index in [0.717, 1.165) is 30.2 Å². The number of hydrogen-bond donors (Lipinski definition) is 0. The molecule has 3 heterocycles. The molecule has 1 amide bonds. The normalized spacial score (nSPS) is 19.3. The summed E-state index contributed by atoms with van der Waals surface area (Å²) in [6.45, 7) is 6.70. The monoisotopic (exact) mass is 370 g/mol. The van der Waals surface area contributed by atoms with E-state index < -0.39 is 0 Å². The molecule has 0 saturated carbocycles. The van der Waals surface area contributed by atoms with Gasteiger partial charge in [-0.2, -0.15) is 0 Å². The van der Waals surface area contributed by atoms with Gasteiger partial charge in [0.25, 0.3) is 5.91 Å². The van der Waals surface area contributed by atoms with E-state index in [0.29, 0.717) is 18.9 Å². The molecule has 0 aliphatic carbocycles. The average Bonchev–Trinajstić information content (AvgIpc) is 3.10. The lowest BCUT2D eigenvalue weighted by molar-refractivity contribution is -0.129. The molecule has 0 atom stereocenters. The zero-order valence-electron chi connectivity index (χ0n) is 15.8. The van der Waals surface area contributed by atoms with Gasteiger partial charge in [-0.3, -0.25) is 19.4 Å². The molecule has 3 aliphatic rings. The van der Waals surface area contributed by atoms with E-state index in [-0.39, 0.29) is 11.7 Å². The Labute approximate surface area is 158 Å². The van der Waals surface area contributed by atoms with Gasteiger partial charge in [-0.1, -0.05) is 17.7 Å². The number of carbonyl (C=O) groups excluding carboxylic acids is 1. The van der Waals surface area contributed by atoms with Gasteiger partial charge in [0.15, 0.2) is 0 Å². The van der Waals surface area contributed by atoms with E-state index in [1.54, 1.807) is 35.4 Å². The van der Waals surface area contributed by atoms with E-state index in [1.165, 1.54) is 17.7 Å².